The maximum Gasteiger partial charge on any atom is 0.337 e. The second-order valence-electron chi connectivity index (χ2n) is 8.35. The summed E-state index contributed by atoms with van der Waals surface area (Å²) >= 11 is 0. The predicted molar refractivity (Wildman–Crippen MR) is 108 cm³/mol. The van der Waals surface area contributed by atoms with E-state index in [1.54, 1.807) is 19.2 Å². The van der Waals surface area contributed by atoms with Crippen molar-refractivity contribution in [3.63, 3.8) is 0 Å². The van der Waals surface area contributed by atoms with Gasteiger partial charge in [-0.1, -0.05) is 32.0 Å². The number of rotatable bonds is 3. The van der Waals surface area contributed by atoms with Gasteiger partial charge in [0, 0.05) is 17.9 Å². The number of esters is 1. The molecule has 0 radical (unpaired) electrons. The Bertz CT molecular complexity index is 1010. The number of hydrogen-bond donors (Lipinski definition) is 0. The van der Waals surface area contributed by atoms with E-state index in [-0.39, 0.29) is 17.1 Å². The standard InChI is InChI=1S/C24H24O5/c1-24(2)12-18-21(14-5-8-16(27-3)9-6-14)17-10-7-15(23(26)28-4)11-20(17)29-22(18)19(25)13-24/h5-11,21H,12-13H2,1-4H3. The Hall–Kier alpha value is -3.08. The number of allylic oxidation sites excluding steroid dienone is 2. The highest BCUT2D eigenvalue weighted by molar-refractivity contribution is 5.97. The number of hydrogen-bond acceptors (Lipinski definition) is 5. The number of fused-ring (bicyclic) bond motifs is 1. The van der Waals surface area contributed by atoms with Crippen LogP contribution in [0.25, 0.3) is 0 Å². The largest absolute Gasteiger partial charge is 0.497 e. The average Bonchev–Trinajstić information content (AvgIpc) is 2.71. The minimum Gasteiger partial charge on any atom is -0.497 e. The van der Waals surface area contributed by atoms with Crippen LogP contribution in [0.15, 0.2) is 53.8 Å². The van der Waals surface area contributed by atoms with Gasteiger partial charge in [-0.05, 0) is 47.2 Å². The number of ketones is 1. The number of methoxy groups -OCH3 is 2. The SMILES string of the molecule is COC(=O)c1ccc2c(c1)OC1=C(CC(C)(C)CC1=O)C2c1ccc(OC)cc1. The molecular weight excluding hydrogens is 368 g/mol. The molecule has 2 aromatic carbocycles. The molecule has 1 unspecified atom stereocenters. The second kappa shape index (κ2) is 7.07. The topological polar surface area (TPSA) is 61.8 Å². The number of benzene rings is 2. The highest BCUT2D eigenvalue weighted by Crippen LogP contribution is 2.51. The van der Waals surface area contributed by atoms with Gasteiger partial charge in [-0.3, -0.25) is 4.79 Å². The van der Waals surface area contributed by atoms with Gasteiger partial charge in [0.2, 0.25) is 0 Å². The van der Waals surface area contributed by atoms with E-state index in [0.717, 1.165) is 28.9 Å². The lowest BCUT2D eigenvalue weighted by molar-refractivity contribution is -0.120. The molecule has 0 N–H and O–H groups in total. The maximum absolute atomic E-state index is 12.9. The van der Waals surface area contributed by atoms with Gasteiger partial charge >= 0.3 is 5.97 Å². The van der Waals surface area contributed by atoms with E-state index in [1.807, 2.05) is 30.3 Å². The molecule has 1 heterocycles. The van der Waals surface area contributed by atoms with Crippen molar-refractivity contribution in [2.24, 2.45) is 5.41 Å². The predicted octanol–water partition coefficient (Wildman–Crippen LogP) is 4.65. The second-order valence-corrected chi connectivity index (χ2v) is 8.35. The Labute approximate surface area is 170 Å². The van der Waals surface area contributed by atoms with Crippen LogP contribution in [0.1, 0.15) is 54.1 Å². The van der Waals surface area contributed by atoms with E-state index in [2.05, 4.69) is 13.8 Å². The molecule has 150 valence electrons. The van der Waals surface area contributed by atoms with Crippen LogP contribution in [0.2, 0.25) is 0 Å². The van der Waals surface area contributed by atoms with E-state index >= 15 is 0 Å². The fourth-order valence-electron chi connectivity index (χ4n) is 4.29. The number of ether oxygens (including phenoxy) is 3. The third-order valence-electron chi connectivity index (χ3n) is 5.61. The third-order valence-corrected chi connectivity index (χ3v) is 5.61. The Morgan fingerprint density at radius 2 is 1.79 bits per heavy atom. The molecular formula is C24H24O5. The highest BCUT2D eigenvalue weighted by Gasteiger charge is 2.41. The summed E-state index contributed by atoms with van der Waals surface area (Å²) in [6, 6.07) is 13.2. The summed E-state index contributed by atoms with van der Waals surface area (Å²) in [4.78, 5) is 24.9. The first kappa shape index (κ1) is 19.2. The van der Waals surface area contributed by atoms with Gasteiger partial charge in [0.25, 0.3) is 0 Å². The summed E-state index contributed by atoms with van der Waals surface area (Å²) in [5.41, 5.74) is 3.25. The maximum atomic E-state index is 12.9. The molecule has 5 nitrogen and oxygen atoms in total. The molecule has 1 atom stereocenters. The van der Waals surface area contributed by atoms with E-state index in [9.17, 15) is 9.59 Å². The summed E-state index contributed by atoms with van der Waals surface area (Å²) in [6.45, 7) is 4.21. The fourth-order valence-corrected chi connectivity index (χ4v) is 4.29. The smallest absolute Gasteiger partial charge is 0.337 e. The zero-order chi connectivity index (χ0) is 20.8. The first-order valence-electron chi connectivity index (χ1n) is 9.63. The molecule has 1 aliphatic heterocycles. The monoisotopic (exact) mass is 392 g/mol. The van der Waals surface area contributed by atoms with Crippen LogP contribution < -0.4 is 9.47 Å². The summed E-state index contributed by atoms with van der Waals surface area (Å²) in [6.07, 6.45) is 1.20. The van der Waals surface area contributed by atoms with E-state index in [0.29, 0.717) is 23.5 Å². The van der Waals surface area contributed by atoms with Crippen molar-refractivity contribution in [2.45, 2.75) is 32.6 Å². The van der Waals surface area contributed by atoms with Crippen molar-refractivity contribution < 1.29 is 23.8 Å². The molecule has 0 spiro atoms. The van der Waals surface area contributed by atoms with Gasteiger partial charge in [-0.15, -0.1) is 0 Å². The number of carbonyl (C=O) groups excluding carboxylic acids is 2. The molecule has 1 aliphatic carbocycles. The Balaban J connectivity index is 1.88. The van der Waals surface area contributed by atoms with E-state index in [1.165, 1.54) is 7.11 Å². The first-order valence-corrected chi connectivity index (χ1v) is 9.63. The molecule has 0 saturated carbocycles. The van der Waals surface area contributed by atoms with Gasteiger partial charge in [0.1, 0.15) is 11.5 Å². The van der Waals surface area contributed by atoms with Crippen molar-refractivity contribution >= 4 is 11.8 Å². The van der Waals surface area contributed by atoms with Crippen LogP contribution in [0.3, 0.4) is 0 Å². The minimum absolute atomic E-state index is 0.00360. The van der Waals surface area contributed by atoms with Crippen LogP contribution in [0.4, 0.5) is 0 Å². The van der Waals surface area contributed by atoms with Crippen LogP contribution in [-0.2, 0) is 9.53 Å². The van der Waals surface area contributed by atoms with Crippen molar-refractivity contribution in [1.29, 1.82) is 0 Å². The third kappa shape index (κ3) is 3.41. The van der Waals surface area contributed by atoms with Crippen molar-refractivity contribution in [2.75, 3.05) is 14.2 Å². The molecule has 5 heteroatoms. The van der Waals surface area contributed by atoms with Crippen LogP contribution in [0, 0.1) is 5.41 Å². The number of Topliss-reactive ketones (excluding diaryl/α,β-unsaturated/α-hetero) is 1. The molecule has 0 bridgehead atoms. The Morgan fingerprint density at radius 1 is 1.07 bits per heavy atom. The normalized spacial score (nSPS) is 19.7. The Kier molecular flexibility index (Phi) is 4.69. The summed E-state index contributed by atoms with van der Waals surface area (Å²) in [5.74, 6) is 1.17. The summed E-state index contributed by atoms with van der Waals surface area (Å²) < 4.78 is 16.2. The van der Waals surface area contributed by atoms with Crippen LogP contribution in [0.5, 0.6) is 11.5 Å². The molecule has 0 fully saturated rings. The minimum atomic E-state index is -0.437. The molecule has 29 heavy (non-hydrogen) atoms. The average molecular weight is 392 g/mol. The Morgan fingerprint density at radius 3 is 2.45 bits per heavy atom. The number of carbonyl (C=O) groups is 2. The molecule has 2 aliphatic rings. The lowest BCUT2D eigenvalue weighted by Gasteiger charge is -2.39. The summed E-state index contributed by atoms with van der Waals surface area (Å²) in [7, 11) is 2.98. The van der Waals surface area contributed by atoms with Crippen molar-refractivity contribution in [3.8, 4) is 11.5 Å². The zero-order valence-corrected chi connectivity index (χ0v) is 17.1. The van der Waals surface area contributed by atoms with Crippen molar-refractivity contribution in [1.82, 2.24) is 0 Å². The van der Waals surface area contributed by atoms with Gasteiger partial charge in [-0.2, -0.15) is 0 Å². The van der Waals surface area contributed by atoms with Crippen molar-refractivity contribution in [3.05, 3.63) is 70.5 Å². The van der Waals surface area contributed by atoms with E-state index < -0.39 is 5.97 Å². The lowest BCUT2D eigenvalue weighted by atomic mass is 9.69. The zero-order valence-electron chi connectivity index (χ0n) is 17.1. The molecule has 0 saturated heterocycles. The van der Waals surface area contributed by atoms with Gasteiger partial charge < -0.3 is 14.2 Å². The summed E-state index contributed by atoms with van der Waals surface area (Å²) in [5, 5.41) is 0. The fraction of sp³-hybridized carbons (Fsp3) is 0.333. The molecule has 0 aromatic heterocycles. The molecule has 4 rings (SSSR count). The van der Waals surface area contributed by atoms with Crippen LogP contribution >= 0.6 is 0 Å². The van der Waals surface area contributed by atoms with Gasteiger partial charge in [-0.25, -0.2) is 4.79 Å². The van der Waals surface area contributed by atoms with Crippen LogP contribution in [-0.4, -0.2) is 26.0 Å². The molecule has 2 aromatic rings. The quantitative estimate of drug-likeness (QED) is 0.712. The van der Waals surface area contributed by atoms with Gasteiger partial charge in [0.05, 0.1) is 19.8 Å². The first-order chi connectivity index (χ1) is 13.8. The van der Waals surface area contributed by atoms with Gasteiger partial charge in [0.15, 0.2) is 11.5 Å². The lowest BCUT2D eigenvalue weighted by Crippen LogP contribution is -2.32. The highest BCUT2D eigenvalue weighted by atomic mass is 16.5. The molecule has 0 amide bonds. The van der Waals surface area contributed by atoms with E-state index in [4.69, 9.17) is 14.2 Å².